The van der Waals surface area contributed by atoms with Crippen molar-refractivity contribution in [3.63, 3.8) is 0 Å². The second-order valence-corrected chi connectivity index (χ2v) is 8.16. The summed E-state index contributed by atoms with van der Waals surface area (Å²) in [7, 11) is 0. The van der Waals surface area contributed by atoms with Crippen LogP contribution in [-0.2, 0) is 17.8 Å². The number of rotatable bonds is 2. The first-order chi connectivity index (χ1) is 15.1. The summed E-state index contributed by atoms with van der Waals surface area (Å²) in [4.78, 5) is 31.8. The van der Waals surface area contributed by atoms with E-state index in [0.29, 0.717) is 38.2 Å². The molecular formula is C23H24N6O2. The molecule has 8 heteroatoms. The van der Waals surface area contributed by atoms with E-state index < -0.39 is 5.54 Å². The van der Waals surface area contributed by atoms with Crippen molar-refractivity contribution < 1.29 is 9.59 Å². The Balaban J connectivity index is 1.30. The predicted octanol–water partition coefficient (Wildman–Crippen LogP) is 2.68. The number of hydrogen-bond acceptors (Lipinski definition) is 4. The summed E-state index contributed by atoms with van der Waals surface area (Å²) in [5, 5.41) is 10.7. The Morgan fingerprint density at radius 2 is 1.68 bits per heavy atom. The summed E-state index contributed by atoms with van der Waals surface area (Å²) in [5.74, 6) is 1.38. The molecule has 3 amide bonds. The SMILES string of the molecule is O=C1Cn2nc(-c3ccccc3)nc2CC2(CCN(C(=O)Nc3ccccc3)CC2)N1. The van der Waals surface area contributed by atoms with Gasteiger partial charge in [0.1, 0.15) is 12.4 Å². The van der Waals surface area contributed by atoms with Crippen molar-refractivity contribution in [1.82, 2.24) is 25.0 Å². The zero-order valence-electron chi connectivity index (χ0n) is 17.1. The van der Waals surface area contributed by atoms with Crippen molar-refractivity contribution in [2.75, 3.05) is 18.4 Å². The van der Waals surface area contributed by atoms with Gasteiger partial charge in [0.25, 0.3) is 0 Å². The molecule has 1 aromatic heterocycles. The van der Waals surface area contributed by atoms with Crippen molar-refractivity contribution in [2.24, 2.45) is 0 Å². The van der Waals surface area contributed by atoms with E-state index in [4.69, 9.17) is 4.98 Å². The van der Waals surface area contributed by atoms with Crippen molar-refractivity contribution in [2.45, 2.75) is 31.3 Å². The molecule has 0 radical (unpaired) electrons. The van der Waals surface area contributed by atoms with Crippen LogP contribution >= 0.6 is 0 Å². The van der Waals surface area contributed by atoms with Crippen molar-refractivity contribution in [3.05, 3.63) is 66.5 Å². The van der Waals surface area contributed by atoms with Gasteiger partial charge in [0.05, 0.1) is 5.54 Å². The first kappa shape index (κ1) is 19.3. The fourth-order valence-electron chi connectivity index (χ4n) is 4.32. The van der Waals surface area contributed by atoms with Gasteiger partial charge in [0, 0.05) is 30.8 Å². The van der Waals surface area contributed by atoms with E-state index >= 15 is 0 Å². The first-order valence-corrected chi connectivity index (χ1v) is 10.5. The Morgan fingerprint density at radius 1 is 1.00 bits per heavy atom. The number of nitrogens with one attached hydrogen (secondary N) is 2. The van der Waals surface area contributed by atoms with Crippen LogP contribution in [0.5, 0.6) is 0 Å². The second kappa shape index (κ2) is 7.86. The number of carbonyl (C=O) groups excluding carboxylic acids is 2. The van der Waals surface area contributed by atoms with Crippen LogP contribution in [0.3, 0.4) is 0 Å². The fourth-order valence-corrected chi connectivity index (χ4v) is 4.32. The minimum absolute atomic E-state index is 0.0644. The van der Waals surface area contributed by atoms with Crippen LogP contribution in [-0.4, -0.2) is 50.2 Å². The number of hydrogen-bond donors (Lipinski definition) is 2. The van der Waals surface area contributed by atoms with Gasteiger partial charge < -0.3 is 15.5 Å². The van der Waals surface area contributed by atoms with Gasteiger partial charge in [-0.15, -0.1) is 0 Å². The third-order valence-electron chi connectivity index (χ3n) is 6.01. The maximum atomic E-state index is 12.6. The van der Waals surface area contributed by atoms with Crippen LogP contribution in [0.15, 0.2) is 60.7 Å². The quantitative estimate of drug-likeness (QED) is 0.672. The highest BCUT2D eigenvalue weighted by Crippen LogP contribution is 2.29. The molecule has 0 unspecified atom stereocenters. The molecule has 2 aromatic carbocycles. The molecular weight excluding hydrogens is 392 g/mol. The molecule has 1 saturated heterocycles. The van der Waals surface area contributed by atoms with E-state index in [1.54, 1.807) is 9.58 Å². The number of para-hydroxylation sites is 1. The molecule has 1 fully saturated rings. The molecule has 0 saturated carbocycles. The fraction of sp³-hybridized carbons (Fsp3) is 0.304. The summed E-state index contributed by atoms with van der Waals surface area (Å²) in [5.41, 5.74) is 1.30. The lowest BCUT2D eigenvalue weighted by Crippen LogP contribution is -2.57. The predicted molar refractivity (Wildman–Crippen MR) is 116 cm³/mol. The number of fused-ring (bicyclic) bond motifs is 1. The number of likely N-dealkylation sites (tertiary alicyclic amines) is 1. The number of nitrogens with zero attached hydrogens (tertiary/aromatic N) is 4. The highest BCUT2D eigenvalue weighted by Gasteiger charge is 2.40. The number of piperidine rings is 1. The van der Waals surface area contributed by atoms with Crippen molar-refractivity contribution >= 4 is 17.6 Å². The normalized spacial score (nSPS) is 17.5. The van der Waals surface area contributed by atoms with Crippen LogP contribution in [0.4, 0.5) is 10.5 Å². The van der Waals surface area contributed by atoms with E-state index in [1.807, 2.05) is 60.7 Å². The summed E-state index contributed by atoms with van der Waals surface area (Å²) in [6, 6.07) is 19.1. The number of carbonyl (C=O) groups is 2. The third-order valence-corrected chi connectivity index (χ3v) is 6.01. The third kappa shape index (κ3) is 4.01. The smallest absolute Gasteiger partial charge is 0.321 e. The van der Waals surface area contributed by atoms with Crippen LogP contribution in [0.1, 0.15) is 18.7 Å². The molecule has 2 aliphatic heterocycles. The molecule has 0 aliphatic carbocycles. The maximum absolute atomic E-state index is 12.6. The van der Waals surface area contributed by atoms with E-state index in [-0.39, 0.29) is 18.5 Å². The Bertz CT molecular complexity index is 1090. The average Bonchev–Trinajstić information content (AvgIpc) is 3.11. The standard InChI is InChI=1S/C23H24N6O2/c30-20-16-29-19(25-21(27-29)17-7-3-1-4-8-17)15-23(26-20)11-13-28(14-12-23)22(31)24-18-9-5-2-6-10-18/h1-10H,11-16H2,(H,24,31)(H,26,30). The Hall–Kier alpha value is -3.68. The largest absolute Gasteiger partial charge is 0.348 e. The lowest BCUT2D eigenvalue weighted by molar-refractivity contribution is -0.123. The van der Waals surface area contributed by atoms with Crippen molar-refractivity contribution in [3.8, 4) is 11.4 Å². The van der Waals surface area contributed by atoms with E-state index in [2.05, 4.69) is 15.7 Å². The number of amides is 3. The topological polar surface area (TPSA) is 92.2 Å². The molecule has 0 atom stereocenters. The molecule has 3 aromatic rings. The van der Waals surface area contributed by atoms with Gasteiger partial charge in [-0.05, 0) is 25.0 Å². The lowest BCUT2D eigenvalue weighted by Gasteiger charge is -2.41. The van der Waals surface area contributed by atoms with Gasteiger partial charge in [-0.1, -0.05) is 48.5 Å². The Morgan fingerprint density at radius 3 is 2.39 bits per heavy atom. The van der Waals surface area contributed by atoms with Gasteiger partial charge in [-0.25, -0.2) is 14.5 Å². The van der Waals surface area contributed by atoms with Gasteiger partial charge in [-0.2, -0.15) is 5.10 Å². The maximum Gasteiger partial charge on any atom is 0.321 e. The highest BCUT2D eigenvalue weighted by molar-refractivity contribution is 5.89. The number of benzene rings is 2. The van der Waals surface area contributed by atoms with E-state index in [9.17, 15) is 9.59 Å². The van der Waals surface area contributed by atoms with E-state index in [0.717, 1.165) is 17.1 Å². The summed E-state index contributed by atoms with van der Waals surface area (Å²) < 4.78 is 1.71. The minimum atomic E-state index is -0.407. The van der Waals surface area contributed by atoms with E-state index in [1.165, 1.54) is 0 Å². The summed E-state index contributed by atoms with van der Waals surface area (Å²) >= 11 is 0. The molecule has 31 heavy (non-hydrogen) atoms. The van der Waals surface area contributed by atoms with Crippen LogP contribution in [0, 0.1) is 0 Å². The number of urea groups is 1. The summed E-state index contributed by atoms with van der Waals surface area (Å²) in [6.45, 7) is 1.30. The molecule has 2 N–H and O–H groups in total. The Kier molecular flexibility index (Phi) is 4.89. The van der Waals surface area contributed by atoms with Crippen LogP contribution in [0.25, 0.3) is 11.4 Å². The second-order valence-electron chi connectivity index (χ2n) is 8.16. The monoisotopic (exact) mass is 416 g/mol. The average molecular weight is 416 g/mol. The highest BCUT2D eigenvalue weighted by atomic mass is 16.2. The van der Waals surface area contributed by atoms with Crippen LogP contribution in [0.2, 0.25) is 0 Å². The van der Waals surface area contributed by atoms with Gasteiger partial charge in [0.15, 0.2) is 5.82 Å². The molecule has 1 spiro atoms. The first-order valence-electron chi connectivity index (χ1n) is 10.5. The number of aromatic nitrogens is 3. The Labute approximate surface area is 180 Å². The summed E-state index contributed by atoms with van der Waals surface area (Å²) in [6.07, 6.45) is 1.95. The van der Waals surface area contributed by atoms with Crippen molar-refractivity contribution in [1.29, 1.82) is 0 Å². The van der Waals surface area contributed by atoms with Gasteiger partial charge in [0.2, 0.25) is 5.91 Å². The molecule has 3 heterocycles. The number of anilines is 1. The zero-order valence-corrected chi connectivity index (χ0v) is 17.1. The minimum Gasteiger partial charge on any atom is -0.348 e. The van der Waals surface area contributed by atoms with Gasteiger partial charge in [-0.3, -0.25) is 4.79 Å². The zero-order chi connectivity index (χ0) is 21.3. The molecule has 158 valence electrons. The molecule has 0 bridgehead atoms. The molecule has 8 nitrogen and oxygen atoms in total. The molecule has 2 aliphatic rings. The lowest BCUT2D eigenvalue weighted by atomic mass is 9.84. The van der Waals surface area contributed by atoms with Crippen LogP contribution < -0.4 is 10.6 Å². The van der Waals surface area contributed by atoms with Gasteiger partial charge >= 0.3 is 6.03 Å². The molecule has 5 rings (SSSR count).